The molecule has 2 rings (SSSR count). The highest BCUT2D eigenvalue weighted by molar-refractivity contribution is 7.80. The lowest BCUT2D eigenvalue weighted by Gasteiger charge is -2.11. The standard InChI is InChI=1S/C18H21FN2OS/c1-14-8-9-16(12-17(14)19)21-18(23)20-10-5-11-22-13-15-6-3-2-4-7-15/h2-4,6-9,12H,5,10-11,13H2,1H3,(H2,20,21,23). The summed E-state index contributed by atoms with van der Waals surface area (Å²) in [5.41, 5.74) is 2.43. The summed E-state index contributed by atoms with van der Waals surface area (Å²) in [6.07, 6.45) is 0.844. The molecule has 0 spiro atoms. The van der Waals surface area contributed by atoms with Crippen LogP contribution in [0.1, 0.15) is 17.5 Å². The molecule has 23 heavy (non-hydrogen) atoms. The van der Waals surface area contributed by atoms with Gasteiger partial charge in [-0.05, 0) is 48.8 Å². The fourth-order valence-electron chi connectivity index (χ4n) is 1.99. The van der Waals surface area contributed by atoms with Gasteiger partial charge in [0.05, 0.1) is 6.61 Å². The minimum Gasteiger partial charge on any atom is -0.377 e. The highest BCUT2D eigenvalue weighted by atomic mass is 32.1. The summed E-state index contributed by atoms with van der Waals surface area (Å²) in [5, 5.41) is 6.53. The van der Waals surface area contributed by atoms with Crippen molar-refractivity contribution in [3.63, 3.8) is 0 Å². The largest absolute Gasteiger partial charge is 0.377 e. The molecule has 0 saturated carbocycles. The Bertz CT molecular complexity index is 634. The van der Waals surface area contributed by atoms with Gasteiger partial charge in [0.25, 0.3) is 0 Å². The predicted octanol–water partition coefficient (Wildman–Crippen LogP) is 4.03. The van der Waals surface area contributed by atoms with E-state index < -0.39 is 0 Å². The van der Waals surface area contributed by atoms with E-state index in [4.69, 9.17) is 17.0 Å². The van der Waals surface area contributed by atoms with Crippen molar-refractivity contribution in [2.45, 2.75) is 20.0 Å². The zero-order valence-electron chi connectivity index (χ0n) is 13.1. The van der Waals surface area contributed by atoms with Crippen LogP contribution in [-0.4, -0.2) is 18.3 Å². The lowest BCUT2D eigenvalue weighted by Crippen LogP contribution is -2.29. The Morgan fingerprint density at radius 2 is 1.96 bits per heavy atom. The molecule has 0 aliphatic carbocycles. The van der Waals surface area contributed by atoms with Crippen molar-refractivity contribution in [3.05, 3.63) is 65.5 Å². The predicted molar refractivity (Wildman–Crippen MR) is 96.1 cm³/mol. The second-order valence-electron chi connectivity index (χ2n) is 5.24. The quantitative estimate of drug-likeness (QED) is 0.592. The van der Waals surface area contributed by atoms with Crippen molar-refractivity contribution in [1.82, 2.24) is 5.32 Å². The number of nitrogens with one attached hydrogen (secondary N) is 2. The fourth-order valence-corrected chi connectivity index (χ4v) is 2.21. The maximum atomic E-state index is 13.4. The lowest BCUT2D eigenvalue weighted by molar-refractivity contribution is 0.119. The van der Waals surface area contributed by atoms with E-state index in [1.807, 2.05) is 30.3 Å². The van der Waals surface area contributed by atoms with E-state index in [0.29, 0.717) is 36.1 Å². The molecule has 0 fully saturated rings. The van der Waals surface area contributed by atoms with E-state index >= 15 is 0 Å². The molecule has 2 aromatic rings. The molecule has 0 amide bonds. The summed E-state index contributed by atoms with van der Waals surface area (Å²) in [7, 11) is 0. The molecule has 0 bridgehead atoms. The van der Waals surface area contributed by atoms with Crippen LogP contribution in [0.4, 0.5) is 10.1 Å². The molecule has 0 aliphatic rings. The number of rotatable bonds is 7. The minimum atomic E-state index is -0.243. The normalized spacial score (nSPS) is 10.3. The summed E-state index contributed by atoms with van der Waals surface area (Å²) in [6, 6.07) is 15.0. The van der Waals surface area contributed by atoms with Gasteiger partial charge < -0.3 is 15.4 Å². The highest BCUT2D eigenvalue weighted by Gasteiger charge is 2.01. The number of ether oxygens (including phenoxy) is 1. The molecule has 122 valence electrons. The zero-order valence-corrected chi connectivity index (χ0v) is 14.0. The van der Waals surface area contributed by atoms with Crippen LogP contribution >= 0.6 is 12.2 Å². The minimum absolute atomic E-state index is 0.243. The number of anilines is 1. The van der Waals surface area contributed by atoms with Gasteiger partial charge in [-0.1, -0.05) is 36.4 Å². The van der Waals surface area contributed by atoms with Crippen molar-refractivity contribution in [2.75, 3.05) is 18.5 Å². The van der Waals surface area contributed by atoms with Crippen LogP contribution in [0.15, 0.2) is 48.5 Å². The third kappa shape index (κ3) is 6.34. The first-order valence-electron chi connectivity index (χ1n) is 7.58. The van der Waals surface area contributed by atoms with E-state index in [-0.39, 0.29) is 5.82 Å². The van der Waals surface area contributed by atoms with Gasteiger partial charge in [-0.3, -0.25) is 0 Å². The first kappa shape index (κ1) is 17.4. The highest BCUT2D eigenvalue weighted by Crippen LogP contribution is 2.13. The van der Waals surface area contributed by atoms with Gasteiger partial charge in [0.2, 0.25) is 0 Å². The summed E-state index contributed by atoms with van der Waals surface area (Å²) in [5.74, 6) is -0.243. The summed E-state index contributed by atoms with van der Waals surface area (Å²) >= 11 is 5.18. The average molecular weight is 332 g/mol. The van der Waals surface area contributed by atoms with Crippen LogP contribution in [0.2, 0.25) is 0 Å². The Labute approximate surface area is 141 Å². The van der Waals surface area contributed by atoms with Gasteiger partial charge in [0.1, 0.15) is 5.82 Å². The number of thiocarbonyl (C=S) groups is 1. The van der Waals surface area contributed by atoms with Crippen molar-refractivity contribution < 1.29 is 9.13 Å². The first-order valence-corrected chi connectivity index (χ1v) is 7.98. The van der Waals surface area contributed by atoms with Gasteiger partial charge >= 0.3 is 0 Å². The molecule has 0 heterocycles. The van der Waals surface area contributed by atoms with E-state index in [1.54, 1.807) is 19.1 Å². The fraction of sp³-hybridized carbons (Fsp3) is 0.278. The molecule has 0 atom stereocenters. The molecular weight excluding hydrogens is 311 g/mol. The Morgan fingerprint density at radius 1 is 1.17 bits per heavy atom. The van der Waals surface area contributed by atoms with Crippen molar-refractivity contribution in [3.8, 4) is 0 Å². The lowest BCUT2D eigenvalue weighted by atomic mass is 10.2. The Morgan fingerprint density at radius 3 is 2.70 bits per heavy atom. The van der Waals surface area contributed by atoms with Gasteiger partial charge in [0.15, 0.2) is 5.11 Å². The van der Waals surface area contributed by atoms with Gasteiger partial charge in [-0.15, -0.1) is 0 Å². The number of hydrogen-bond acceptors (Lipinski definition) is 2. The first-order chi connectivity index (χ1) is 11.1. The van der Waals surface area contributed by atoms with Crippen LogP contribution in [0.5, 0.6) is 0 Å². The molecule has 3 nitrogen and oxygen atoms in total. The van der Waals surface area contributed by atoms with E-state index in [0.717, 1.165) is 6.42 Å². The van der Waals surface area contributed by atoms with Gasteiger partial charge in [-0.2, -0.15) is 0 Å². The molecule has 0 unspecified atom stereocenters. The van der Waals surface area contributed by atoms with Crippen LogP contribution in [-0.2, 0) is 11.3 Å². The van der Waals surface area contributed by atoms with E-state index in [1.165, 1.54) is 11.6 Å². The topological polar surface area (TPSA) is 33.3 Å². The third-order valence-electron chi connectivity index (χ3n) is 3.29. The Kier molecular flexibility index (Phi) is 6.97. The maximum absolute atomic E-state index is 13.4. The Hall–Kier alpha value is -1.98. The van der Waals surface area contributed by atoms with Crippen molar-refractivity contribution >= 4 is 23.0 Å². The third-order valence-corrected chi connectivity index (χ3v) is 3.54. The molecular formula is C18H21FN2OS. The number of benzene rings is 2. The number of aryl methyl sites for hydroxylation is 1. The van der Waals surface area contributed by atoms with E-state index in [2.05, 4.69) is 10.6 Å². The Balaban J connectivity index is 1.58. The van der Waals surface area contributed by atoms with Crippen LogP contribution in [0, 0.1) is 12.7 Å². The molecule has 0 aliphatic heterocycles. The smallest absolute Gasteiger partial charge is 0.170 e. The van der Waals surface area contributed by atoms with Crippen LogP contribution in [0.25, 0.3) is 0 Å². The van der Waals surface area contributed by atoms with Gasteiger partial charge in [-0.25, -0.2) is 4.39 Å². The maximum Gasteiger partial charge on any atom is 0.170 e. The number of halogens is 1. The molecule has 5 heteroatoms. The monoisotopic (exact) mass is 332 g/mol. The SMILES string of the molecule is Cc1ccc(NC(=S)NCCCOCc2ccccc2)cc1F. The van der Waals surface area contributed by atoms with E-state index in [9.17, 15) is 4.39 Å². The van der Waals surface area contributed by atoms with Crippen LogP contribution < -0.4 is 10.6 Å². The molecule has 2 aromatic carbocycles. The molecule has 0 aromatic heterocycles. The summed E-state index contributed by atoms with van der Waals surface area (Å²) < 4.78 is 19.0. The second kappa shape index (κ2) is 9.22. The molecule has 2 N–H and O–H groups in total. The molecule has 0 saturated heterocycles. The van der Waals surface area contributed by atoms with Crippen LogP contribution in [0.3, 0.4) is 0 Å². The second-order valence-corrected chi connectivity index (χ2v) is 5.64. The average Bonchev–Trinajstić information content (AvgIpc) is 2.55. The number of hydrogen-bond donors (Lipinski definition) is 2. The van der Waals surface area contributed by atoms with Crippen molar-refractivity contribution in [2.24, 2.45) is 0 Å². The van der Waals surface area contributed by atoms with Crippen molar-refractivity contribution in [1.29, 1.82) is 0 Å². The summed E-state index contributed by atoms with van der Waals surface area (Å²) in [6.45, 7) is 3.70. The van der Waals surface area contributed by atoms with Gasteiger partial charge in [0, 0.05) is 18.8 Å². The molecule has 0 radical (unpaired) electrons. The summed E-state index contributed by atoms with van der Waals surface area (Å²) in [4.78, 5) is 0. The zero-order chi connectivity index (χ0) is 16.5.